The van der Waals surface area contributed by atoms with E-state index in [1.54, 1.807) is 36.6 Å². The zero-order chi connectivity index (χ0) is 19.1. The number of benzene rings is 2. The van der Waals surface area contributed by atoms with Gasteiger partial charge in [-0.15, -0.1) is 0 Å². The molecule has 3 rings (SSSR count). The molecule has 0 unspecified atom stereocenters. The molecule has 0 aliphatic carbocycles. The predicted octanol–water partition coefficient (Wildman–Crippen LogP) is 4.74. The molecule has 0 aliphatic heterocycles. The summed E-state index contributed by atoms with van der Waals surface area (Å²) in [4.78, 5) is 12.7. The highest BCUT2D eigenvalue weighted by Gasteiger charge is 2.13. The van der Waals surface area contributed by atoms with Crippen LogP contribution in [0.25, 0.3) is 11.6 Å². The summed E-state index contributed by atoms with van der Waals surface area (Å²) in [6, 6.07) is 18.8. The molecule has 1 aromatic heterocycles. The Hall–Kier alpha value is -3.41. The zero-order valence-electron chi connectivity index (χ0n) is 14.3. The van der Waals surface area contributed by atoms with Gasteiger partial charge in [-0.05, 0) is 41.5 Å². The molecule has 0 saturated carbocycles. The molecule has 0 bridgehead atoms. The van der Waals surface area contributed by atoms with E-state index in [1.807, 2.05) is 30.3 Å². The number of hydrogen-bond acceptors (Lipinski definition) is 3. The topological polar surface area (TPSA) is 51.5 Å². The molecule has 0 saturated heterocycles. The minimum atomic E-state index is -2.88. The first-order valence-electron chi connectivity index (χ1n) is 8.24. The Labute approximate surface area is 155 Å². The van der Waals surface area contributed by atoms with Crippen LogP contribution in [0.15, 0.2) is 77.4 Å². The standard InChI is InChI=1S/C21H17F2NO3/c22-21(23)27-17-10-8-15(9-11-17)13-19(16-5-2-1-3-6-16)20(25)24-14-18-7-4-12-26-18/h1-13,21H,14H2,(H,24,25). The molecule has 0 radical (unpaired) electrons. The molecule has 138 valence electrons. The maximum absolute atomic E-state index is 12.7. The molecular formula is C21H17F2NO3. The van der Waals surface area contributed by atoms with Gasteiger partial charge in [-0.2, -0.15) is 8.78 Å². The number of carbonyl (C=O) groups excluding carboxylic acids is 1. The lowest BCUT2D eigenvalue weighted by Crippen LogP contribution is -2.23. The lowest BCUT2D eigenvalue weighted by atomic mass is 10.0. The van der Waals surface area contributed by atoms with Crippen LogP contribution in [-0.2, 0) is 11.3 Å². The van der Waals surface area contributed by atoms with Gasteiger partial charge in [0.1, 0.15) is 11.5 Å². The maximum atomic E-state index is 12.7. The molecule has 1 heterocycles. The SMILES string of the molecule is O=C(NCc1ccco1)C(=Cc1ccc(OC(F)F)cc1)c1ccccc1. The highest BCUT2D eigenvalue weighted by atomic mass is 19.3. The van der Waals surface area contributed by atoms with E-state index in [0.29, 0.717) is 16.9 Å². The zero-order valence-corrected chi connectivity index (χ0v) is 14.3. The van der Waals surface area contributed by atoms with Crippen molar-refractivity contribution in [2.24, 2.45) is 0 Å². The third-order valence-electron chi connectivity index (χ3n) is 3.75. The fourth-order valence-electron chi connectivity index (χ4n) is 2.49. The molecule has 0 fully saturated rings. The van der Waals surface area contributed by atoms with E-state index in [0.717, 1.165) is 5.56 Å². The van der Waals surface area contributed by atoms with Crippen molar-refractivity contribution in [1.82, 2.24) is 5.32 Å². The van der Waals surface area contributed by atoms with Crippen molar-refractivity contribution >= 4 is 17.6 Å². The van der Waals surface area contributed by atoms with Crippen LogP contribution in [-0.4, -0.2) is 12.5 Å². The minimum absolute atomic E-state index is 0.0608. The fourth-order valence-corrected chi connectivity index (χ4v) is 2.49. The van der Waals surface area contributed by atoms with Gasteiger partial charge in [0.2, 0.25) is 0 Å². The molecule has 1 N–H and O–H groups in total. The minimum Gasteiger partial charge on any atom is -0.467 e. The van der Waals surface area contributed by atoms with E-state index in [-0.39, 0.29) is 18.2 Å². The quantitative estimate of drug-likeness (QED) is 0.484. The summed E-state index contributed by atoms with van der Waals surface area (Å²) in [6.07, 6.45) is 3.23. The molecule has 6 heteroatoms. The van der Waals surface area contributed by atoms with Gasteiger partial charge in [0.25, 0.3) is 5.91 Å². The van der Waals surface area contributed by atoms with Crippen molar-refractivity contribution in [3.63, 3.8) is 0 Å². The van der Waals surface area contributed by atoms with Crippen molar-refractivity contribution in [3.05, 3.63) is 89.9 Å². The number of carbonyl (C=O) groups is 1. The van der Waals surface area contributed by atoms with Crippen LogP contribution in [0, 0.1) is 0 Å². The van der Waals surface area contributed by atoms with Gasteiger partial charge in [0.15, 0.2) is 0 Å². The molecule has 27 heavy (non-hydrogen) atoms. The molecular weight excluding hydrogens is 352 g/mol. The van der Waals surface area contributed by atoms with E-state index in [2.05, 4.69) is 10.1 Å². The molecule has 2 aromatic carbocycles. The number of furan rings is 1. The van der Waals surface area contributed by atoms with E-state index in [1.165, 1.54) is 12.1 Å². The average molecular weight is 369 g/mol. The summed E-state index contributed by atoms with van der Waals surface area (Å²) in [7, 11) is 0. The monoisotopic (exact) mass is 369 g/mol. The maximum Gasteiger partial charge on any atom is 0.387 e. The van der Waals surface area contributed by atoms with Gasteiger partial charge < -0.3 is 14.5 Å². The van der Waals surface area contributed by atoms with E-state index in [9.17, 15) is 13.6 Å². The lowest BCUT2D eigenvalue weighted by Gasteiger charge is -2.09. The lowest BCUT2D eigenvalue weighted by molar-refractivity contribution is -0.115. The van der Waals surface area contributed by atoms with Gasteiger partial charge in [-0.3, -0.25) is 4.79 Å². The second kappa shape index (κ2) is 8.80. The van der Waals surface area contributed by atoms with Crippen LogP contribution in [0.4, 0.5) is 8.78 Å². The summed E-state index contributed by atoms with van der Waals surface area (Å²) >= 11 is 0. The number of nitrogens with one attached hydrogen (secondary N) is 1. The predicted molar refractivity (Wildman–Crippen MR) is 97.9 cm³/mol. The number of hydrogen-bond donors (Lipinski definition) is 1. The second-order valence-electron chi connectivity index (χ2n) is 5.63. The van der Waals surface area contributed by atoms with Gasteiger partial charge in [0.05, 0.1) is 12.8 Å². The number of rotatable bonds is 7. The van der Waals surface area contributed by atoms with E-state index in [4.69, 9.17) is 4.42 Å². The Morgan fingerprint density at radius 3 is 2.41 bits per heavy atom. The summed E-state index contributed by atoms with van der Waals surface area (Å²) in [5.74, 6) is 0.431. The van der Waals surface area contributed by atoms with E-state index >= 15 is 0 Å². The first kappa shape index (κ1) is 18.4. The highest BCUT2D eigenvalue weighted by Crippen LogP contribution is 2.21. The Balaban J connectivity index is 1.83. The summed E-state index contributed by atoms with van der Waals surface area (Å²) in [5.41, 5.74) is 1.87. The van der Waals surface area contributed by atoms with Crippen molar-refractivity contribution in [1.29, 1.82) is 0 Å². The average Bonchev–Trinajstić information content (AvgIpc) is 3.19. The number of alkyl halides is 2. The molecule has 0 atom stereocenters. The van der Waals surface area contributed by atoms with Gasteiger partial charge >= 0.3 is 6.61 Å². The van der Waals surface area contributed by atoms with Crippen LogP contribution >= 0.6 is 0 Å². The molecule has 1 amide bonds. The summed E-state index contributed by atoms with van der Waals surface area (Å²) in [6.45, 7) is -2.62. The second-order valence-corrected chi connectivity index (χ2v) is 5.63. The van der Waals surface area contributed by atoms with Gasteiger partial charge in [-0.1, -0.05) is 42.5 Å². The Morgan fingerprint density at radius 1 is 1.04 bits per heavy atom. The van der Waals surface area contributed by atoms with Crippen LogP contribution in [0.1, 0.15) is 16.9 Å². The first-order chi connectivity index (χ1) is 13.1. The van der Waals surface area contributed by atoms with Crippen LogP contribution < -0.4 is 10.1 Å². The van der Waals surface area contributed by atoms with Gasteiger partial charge in [-0.25, -0.2) is 0 Å². The van der Waals surface area contributed by atoms with Crippen LogP contribution in [0.3, 0.4) is 0 Å². The summed E-state index contributed by atoms with van der Waals surface area (Å²) in [5, 5.41) is 2.82. The van der Waals surface area contributed by atoms with Gasteiger partial charge in [0, 0.05) is 5.57 Å². The van der Waals surface area contributed by atoms with Crippen molar-refractivity contribution in [2.45, 2.75) is 13.2 Å². The molecule has 0 aliphatic rings. The number of halogens is 2. The highest BCUT2D eigenvalue weighted by molar-refractivity contribution is 6.24. The van der Waals surface area contributed by atoms with Crippen LogP contribution in [0.2, 0.25) is 0 Å². The normalized spacial score (nSPS) is 11.4. The largest absolute Gasteiger partial charge is 0.467 e. The first-order valence-corrected chi connectivity index (χ1v) is 8.24. The smallest absolute Gasteiger partial charge is 0.387 e. The molecule has 0 spiro atoms. The Bertz CT molecular complexity index is 889. The third kappa shape index (κ3) is 5.28. The summed E-state index contributed by atoms with van der Waals surface area (Å²) < 4.78 is 34.1. The number of ether oxygens (including phenoxy) is 1. The van der Waals surface area contributed by atoms with Crippen molar-refractivity contribution in [2.75, 3.05) is 0 Å². The Kier molecular flexibility index (Phi) is 5.99. The van der Waals surface area contributed by atoms with Crippen molar-refractivity contribution in [3.8, 4) is 5.75 Å². The fraction of sp³-hybridized carbons (Fsp3) is 0.0952. The number of amides is 1. The third-order valence-corrected chi connectivity index (χ3v) is 3.75. The van der Waals surface area contributed by atoms with Crippen LogP contribution in [0.5, 0.6) is 5.75 Å². The molecule has 3 aromatic rings. The molecule has 4 nitrogen and oxygen atoms in total. The Morgan fingerprint density at radius 2 is 1.78 bits per heavy atom. The van der Waals surface area contributed by atoms with Crippen molar-refractivity contribution < 1.29 is 22.7 Å². The van der Waals surface area contributed by atoms with E-state index < -0.39 is 6.61 Å².